The van der Waals surface area contributed by atoms with Gasteiger partial charge in [0.05, 0.1) is 17.8 Å². The average Bonchev–Trinajstić information content (AvgIpc) is 2.99. The van der Waals surface area contributed by atoms with Gasteiger partial charge in [0.2, 0.25) is 5.89 Å². The summed E-state index contributed by atoms with van der Waals surface area (Å²) >= 11 is 0. The van der Waals surface area contributed by atoms with E-state index in [0.29, 0.717) is 5.92 Å². The number of anilines is 1. The molecule has 5 nitrogen and oxygen atoms in total. The van der Waals surface area contributed by atoms with E-state index in [-0.39, 0.29) is 0 Å². The van der Waals surface area contributed by atoms with Crippen LogP contribution in [0.3, 0.4) is 0 Å². The fourth-order valence-corrected chi connectivity index (χ4v) is 3.88. The number of piperidine rings is 1. The zero-order chi connectivity index (χ0) is 18.8. The van der Waals surface area contributed by atoms with Crippen molar-refractivity contribution in [3.8, 4) is 0 Å². The van der Waals surface area contributed by atoms with E-state index in [1.165, 1.54) is 29.5 Å². The number of fused-ring (bicyclic) bond motifs is 1. The van der Waals surface area contributed by atoms with Crippen molar-refractivity contribution in [2.45, 2.75) is 40.2 Å². The molecule has 0 bridgehead atoms. The van der Waals surface area contributed by atoms with Gasteiger partial charge in [0.1, 0.15) is 5.76 Å². The van der Waals surface area contributed by atoms with Crippen LogP contribution in [0, 0.1) is 26.7 Å². The molecule has 1 aromatic carbocycles. The molecule has 0 amide bonds. The Morgan fingerprint density at radius 3 is 2.70 bits per heavy atom. The van der Waals surface area contributed by atoms with Gasteiger partial charge in [0, 0.05) is 23.8 Å². The second-order valence-electron chi connectivity index (χ2n) is 7.68. The molecule has 1 saturated heterocycles. The van der Waals surface area contributed by atoms with Crippen molar-refractivity contribution in [2.24, 2.45) is 5.92 Å². The van der Waals surface area contributed by atoms with Crippen molar-refractivity contribution < 1.29 is 4.42 Å². The minimum atomic E-state index is 0.697. The molecular formula is C22H28N4O. The summed E-state index contributed by atoms with van der Waals surface area (Å²) in [4.78, 5) is 11.5. The van der Waals surface area contributed by atoms with Gasteiger partial charge in [-0.05, 0) is 64.3 Å². The molecule has 3 aromatic rings. The summed E-state index contributed by atoms with van der Waals surface area (Å²) in [5, 5.41) is 4.88. The number of nitrogens with one attached hydrogen (secondary N) is 1. The Morgan fingerprint density at radius 1 is 1.15 bits per heavy atom. The number of aromatic nitrogens is 2. The predicted octanol–water partition coefficient (Wildman–Crippen LogP) is 4.47. The van der Waals surface area contributed by atoms with E-state index in [2.05, 4.69) is 51.4 Å². The molecule has 4 rings (SSSR count). The number of para-hydroxylation sites is 1. The Kier molecular flexibility index (Phi) is 5.12. The Morgan fingerprint density at radius 2 is 1.96 bits per heavy atom. The monoisotopic (exact) mass is 364 g/mol. The Balaban J connectivity index is 1.32. The molecule has 1 aliphatic heterocycles. The van der Waals surface area contributed by atoms with Crippen LogP contribution in [-0.4, -0.2) is 34.5 Å². The fourth-order valence-electron chi connectivity index (χ4n) is 3.88. The van der Waals surface area contributed by atoms with Gasteiger partial charge >= 0.3 is 0 Å². The summed E-state index contributed by atoms with van der Waals surface area (Å²) in [7, 11) is 0. The van der Waals surface area contributed by atoms with E-state index in [9.17, 15) is 0 Å². The van der Waals surface area contributed by atoms with Crippen molar-refractivity contribution in [1.29, 1.82) is 0 Å². The van der Waals surface area contributed by atoms with Crippen molar-refractivity contribution in [3.63, 3.8) is 0 Å². The van der Waals surface area contributed by atoms with Crippen LogP contribution in [0.2, 0.25) is 0 Å². The summed E-state index contributed by atoms with van der Waals surface area (Å²) in [6.45, 7) is 10.1. The number of hydrogen-bond donors (Lipinski definition) is 1. The van der Waals surface area contributed by atoms with E-state index in [1.807, 2.05) is 20.0 Å². The lowest BCUT2D eigenvalue weighted by Gasteiger charge is -2.31. The van der Waals surface area contributed by atoms with Gasteiger partial charge in [-0.1, -0.05) is 18.2 Å². The van der Waals surface area contributed by atoms with Crippen LogP contribution in [0.5, 0.6) is 0 Å². The molecule has 5 heteroatoms. The third-order valence-electron chi connectivity index (χ3n) is 5.69. The first-order valence-electron chi connectivity index (χ1n) is 9.83. The Hall–Kier alpha value is -2.40. The van der Waals surface area contributed by atoms with Crippen molar-refractivity contribution in [2.75, 3.05) is 25.0 Å². The number of hydrogen-bond acceptors (Lipinski definition) is 5. The van der Waals surface area contributed by atoms with Gasteiger partial charge in [-0.15, -0.1) is 0 Å². The molecule has 0 aliphatic carbocycles. The van der Waals surface area contributed by atoms with Gasteiger partial charge in [-0.2, -0.15) is 0 Å². The first-order chi connectivity index (χ1) is 13.1. The summed E-state index contributed by atoms with van der Waals surface area (Å²) < 4.78 is 5.73. The van der Waals surface area contributed by atoms with Gasteiger partial charge in [0.15, 0.2) is 0 Å². The molecular weight excluding hydrogens is 336 g/mol. The number of benzene rings is 1. The topological polar surface area (TPSA) is 54.2 Å². The van der Waals surface area contributed by atoms with Crippen LogP contribution in [0.1, 0.15) is 35.7 Å². The summed E-state index contributed by atoms with van der Waals surface area (Å²) in [6, 6.07) is 8.46. The molecule has 27 heavy (non-hydrogen) atoms. The van der Waals surface area contributed by atoms with Gasteiger partial charge in [-0.25, -0.2) is 4.98 Å². The van der Waals surface area contributed by atoms with Crippen LogP contribution in [0.15, 0.2) is 34.9 Å². The summed E-state index contributed by atoms with van der Waals surface area (Å²) in [5.74, 6) is 2.48. The molecule has 142 valence electrons. The lowest BCUT2D eigenvalue weighted by atomic mass is 9.96. The van der Waals surface area contributed by atoms with E-state index in [4.69, 9.17) is 4.42 Å². The normalized spacial score (nSPS) is 16.1. The maximum atomic E-state index is 5.73. The standard InChI is InChI=1S/C22H28N4O/c1-15-5-4-6-19-20(7-10-23-22(15)19)24-13-18-8-11-26(12-9-18)14-21-25-16(2)17(3)27-21/h4-7,10,18H,8-9,11-14H2,1-3H3,(H,23,24). The smallest absolute Gasteiger partial charge is 0.208 e. The molecule has 0 unspecified atom stereocenters. The van der Waals surface area contributed by atoms with Crippen LogP contribution >= 0.6 is 0 Å². The molecule has 0 spiro atoms. The number of pyridine rings is 1. The lowest BCUT2D eigenvalue weighted by Crippen LogP contribution is -2.35. The predicted molar refractivity (Wildman–Crippen MR) is 109 cm³/mol. The van der Waals surface area contributed by atoms with E-state index < -0.39 is 0 Å². The van der Waals surface area contributed by atoms with Crippen LogP contribution in [0.25, 0.3) is 10.9 Å². The molecule has 0 atom stereocenters. The van der Waals surface area contributed by atoms with Crippen LogP contribution in [0.4, 0.5) is 5.69 Å². The Labute approximate surface area is 160 Å². The third-order valence-corrected chi connectivity index (χ3v) is 5.69. The van der Waals surface area contributed by atoms with Crippen molar-refractivity contribution in [3.05, 3.63) is 53.4 Å². The number of oxazole rings is 1. The van der Waals surface area contributed by atoms with Gasteiger partial charge < -0.3 is 9.73 Å². The van der Waals surface area contributed by atoms with E-state index in [0.717, 1.165) is 49.0 Å². The van der Waals surface area contributed by atoms with E-state index in [1.54, 1.807) is 0 Å². The molecule has 0 saturated carbocycles. The average molecular weight is 364 g/mol. The van der Waals surface area contributed by atoms with Crippen LogP contribution < -0.4 is 5.32 Å². The van der Waals surface area contributed by atoms with E-state index >= 15 is 0 Å². The van der Waals surface area contributed by atoms with Gasteiger partial charge in [-0.3, -0.25) is 9.88 Å². The third kappa shape index (κ3) is 3.98. The highest BCUT2D eigenvalue weighted by Gasteiger charge is 2.21. The van der Waals surface area contributed by atoms with Gasteiger partial charge in [0.25, 0.3) is 0 Å². The highest BCUT2D eigenvalue weighted by molar-refractivity contribution is 5.92. The minimum absolute atomic E-state index is 0.697. The first kappa shape index (κ1) is 18.0. The second-order valence-corrected chi connectivity index (χ2v) is 7.68. The molecule has 3 heterocycles. The quantitative estimate of drug-likeness (QED) is 0.724. The molecule has 0 radical (unpaired) electrons. The van der Waals surface area contributed by atoms with Crippen molar-refractivity contribution in [1.82, 2.24) is 14.9 Å². The molecule has 1 fully saturated rings. The summed E-state index contributed by atoms with van der Waals surface area (Å²) in [6.07, 6.45) is 4.31. The summed E-state index contributed by atoms with van der Waals surface area (Å²) in [5.41, 5.74) is 4.51. The minimum Gasteiger partial charge on any atom is -0.444 e. The highest BCUT2D eigenvalue weighted by Crippen LogP contribution is 2.25. The molecule has 1 aliphatic rings. The lowest BCUT2D eigenvalue weighted by molar-refractivity contribution is 0.167. The largest absolute Gasteiger partial charge is 0.444 e. The number of rotatable bonds is 5. The van der Waals surface area contributed by atoms with Crippen LogP contribution in [-0.2, 0) is 6.54 Å². The second kappa shape index (κ2) is 7.69. The maximum Gasteiger partial charge on any atom is 0.208 e. The molecule has 1 N–H and O–H groups in total. The Bertz CT molecular complexity index is 906. The number of nitrogens with zero attached hydrogens (tertiary/aromatic N) is 3. The first-order valence-corrected chi connectivity index (χ1v) is 9.83. The zero-order valence-corrected chi connectivity index (χ0v) is 16.5. The van der Waals surface area contributed by atoms with Crippen molar-refractivity contribution >= 4 is 16.6 Å². The number of likely N-dealkylation sites (tertiary alicyclic amines) is 1. The fraction of sp³-hybridized carbons (Fsp3) is 0.455. The maximum absolute atomic E-state index is 5.73. The number of aryl methyl sites for hydroxylation is 3. The highest BCUT2D eigenvalue weighted by atomic mass is 16.4. The SMILES string of the molecule is Cc1nc(CN2CCC(CNc3ccnc4c(C)cccc34)CC2)oc1C. The zero-order valence-electron chi connectivity index (χ0n) is 16.5. The molecule has 2 aromatic heterocycles.